The summed E-state index contributed by atoms with van der Waals surface area (Å²) in [5.41, 5.74) is 2.34. The minimum atomic E-state index is -0.981. The van der Waals surface area contributed by atoms with Crippen LogP contribution in [0.15, 0.2) is 36.6 Å². The van der Waals surface area contributed by atoms with Gasteiger partial charge in [-0.15, -0.1) is 0 Å². The van der Waals surface area contributed by atoms with Gasteiger partial charge in [-0.25, -0.2) is 4.79 Å². The molecule has 1 heterocycles. The number of aryl methyl sites for hydroxylation is 1. The van der Waals surface area contributed by atoms with E-state index in [0.717, 1.165) is 5.56 Å². The lowest BCUT2D eigenvalue weighted by atomic mass is 10.0. The van der Waals surface area contributed by atoms with Gasteiger partial charge in [0.05, 0.1) is 18.6 Å². The second kappa shape index (κ2) is 6.74. The molecule has 2 rings (SSSR count). The van der Waals surface area contributed by atoms with Crippen molar-refractivity contribution in [3.63, 3.8) is 0 Å². The van der Waals surface area contributed by atoms with E-state index in [1.807, 2.05) is 37.3 Å². The summed E-state index contributed by atoms with van der Waals surface area (Å²) in [6, 6.07) is 9.73. The van der Waals surface area contributed by atoms with Crippen LogP contribution < -0.4 is 0 Å². The third kappa shape index (κ3) is 3.51. The zero-order valence-corrected chi connectivity index (χ0v) is 12.1. The summed E-state index contributed by atoms with van der Waals surface area (Å²) in [6.45, 7) is 2.39. The molecule has 0 saturated heterocycles. The average molecular weight is 286 g/mol. The van der Waals surface area contributed by atoms with Crippen LogP contribution >= 0.6 is 0 Å². The van der Waals surface area contributed by atoms with Crippen molar-refractivity contribution in [3.8, 4) is 0 Å². The number of hydrogen-bond donors (Lipinski definition) is 1. The van der Waals surface area contributed by atoms with Gasteiger partial charge < -0.3 is 9.84 Å². The predicted molar refractivity (Wildman–Crippen MR) is 80.1 cm³/mol. The van der Waals surface area contributed by atoms with E-state index in [4.69, 9.17) is 4.74 Å². The molecular weight excluding hydrogens is 268 g/mol. The van der Waals surface area contributed by atoms with Crippen molar-refractivity contribution in [2.24, 2.45) is 7.05 Å². The number of ether oxygens (including phenoxy) is 1. The van der Waals surface area contributed by atoms with Crippen molar-refractivity contribution in [2.45, 2.75) is 13.3 Å². The largest absolute Gasteiger partial charge is 0.501 e. The molecule has 21 heavy (non-hydrogen) atoms. The van der Waals surface area contributed by atoms with Crippen LogP contribution in [-0.2, 0) is 18.2 Å². The lowest BCUT2D eigenvalue weighted by molar-refractivity contribution is 0.0695. The second-order valence-electron chi connectivity index (χ2n) is 4.56. The number of hydrogen-bond acceptors (Lipinski definition) is 3. The highest BCUT2D eigenvalue weighted by atomic mass is 16.5. The lowest BCUT2D eigenvalue weighted by Gasteiger charge is -2.04. The Labute approximate surface area is 123 Å². The highest BCUT2D eigenvalue weighted by Gasteiger charge is 2.20. The monoisotopic (exact) mass is 286 g/mol. The third-order valence-electron chi connectivity index (χ3n) is 3.11. The van der Waals surface area contributed by atoms with E-state index in [1.54, 1.807) is 17.8 Å². The summed E-state index contributed by atoms with van der Waals surface area (Å²) < 4.78 is 6.73. The van der Waals surface area contributed by atoms with Crippen molar-refractivity contribution < 1.29 is 14.6 Å². The molecule has 1 N–H and O–H groups in total. The third-order valence-corrected chi connectivity index (χ3v) is 3.11. The molecule has 0 atom stereocenters. The fraction of sp³-hybridized carbons (Fsp3) is 0.250. The number of carbonyl (C=O) groups is 1. The van der Waals surface area contributed by atoms with E-state index in [-0.39, 0.29) is 5.56 Å². The Morgan fingerprint density at radius 3 is 2.71 bits per heavy atom. The first kappa shape index (κ1) is 14.8. The molecule has 0 aliphatic heterocycles. The zero-order chi connectivity index (χ0) is 15.2. The van der Waals surface area contributed by atoms with Crippen LogP contribution in [0.1, 0.15) is 34.2 Å². The molecule has 1 aromatic carbocycles. The standard InChI is InChI=1S/C16H18N2O3/c1-3-21-10-9-13-15(16(19)20)14(18(2)17-13)11-12-7-5-4-6-8-12/h4-10H,3,11H2,1-2H3,(H,19,20)/b10-9+. The van der Waals surface area contributed by atoms with E-state index in [1.165, 1.54) is 6.26 Å². The smallest absolute Gasteiger partial charge is 0.339 e. The van der Waals surface area contributed by atoms with Crippen LogP contribution in [-0.4, -0.2) is 27.5 Å². The summed E-state index contributed by atoms with van der Waals surface area (Å²) in [4.78, 5) is 11.6. The first-order valence-corrected chi connectivity index (χ1v) is 6.74. The van der Waals surface area contributed by atoms with Crippen molar-refractivity contribution in [2.75, 3.05) is 6.61 Å². The molecule has 0 amide bonds. The molecule has 0 radical (unpaired) electrons. The Kier molecular flexibility index (Phi) is 4.77. The van der Waals surface area contributed by atoms with Gasteiger partial charge in [0.2, 0.25) is 0 Å². The summed E-state index contributed by atoms with van der Waals surface area (Å²) in [5.74, 6) is -0.981. The van der Waals surface area contributed by atoms with Gasteiger partial charge in [-0.05, 0) is 12.5 Å². The number of aromatic nitrogens is 2. The normalized spacial score (nSPS) is 11.0. The maximum atomic E-state index is 11.6. The Morgan fingerprint density at radius 2 is 2.10 bits per heavy atom. The molecule has 0 fully saturated rings. The maximum absolute atomic E-state index is 11.6. The summed E-state index contributed by atoms with van der Waals surface area (Å²) in [7, 11) is 1.75. The molecule has 0 bridgehead atoms. The topological polar surface area (TPSA) is 64.4 Å². The van der Waals surface area contributed by atoms with Crippen molar-refractivity contribution in [3.05, 3.63) is 59.1 Å². The van der Waals surface area contributed by atoms with E-state index >= 15 is 0 Å². The van der Waals surface area contributed by atoms with Gasteiger partial charge in [-0.2, -0.15) is 5.10 Å². The molecule has 2 aromatic rings. The zero-order valence-electron chi connectivity index (χ0n) is 12.1. The number of carboxylic acid groups (broad SMARTS) is 1. The first-order valence-electron chi connectivity index (χ1n) is 6.74. The van der Waals surface area contributed by atoms with Crippen LogP contribution in [0.4, 0.5) is 0 Å². The van der Waals surface area contributed by atoms with Gasteiger partial charge in [0.15, 0.2) is 0 Å². The van der Waals surface area contributed by atoms with Crippen molar-refractivity contribution in [1.29, 1.82) is 0 Å². The fourth-order valence-corrected chi connectivity index (χ4v) is 2.13. The van der Waals surface area contributed by atoms with Gasteiger partial charge in [0.1, 0.15) is 11.3 Å². The van der Waals surface area contributed by atoms with Crippen LogP contribution in [0.2, 0.25) is 0 Å². The van der Waals surface area contributed by atoms with Crippen LogP contribution in [0, 0.1) is 0 Å². The average Bonchev–Trinajstić information content (AvgIpc) is 2.77. The molecule has 0 unspecified atom stereocenters. The van der Waals surface area contributed by atoms with E-state index in [0.29, 0.717) is 24.4 Å². The lowest BCUT2D eigenvalue weighted by Crippen LogP contribution is -2.06. The number of carboxylic acids is 1. The van der Waals surface area contributed by atoms with E-state index in [9.17, 15) is 9.90 Å². The molecule has 0 saturated carbocycles. The summed E-state index contributed by atoms with van der Waals surface area (Å²) >= 11 is 0. The minimum absolute atomic E-state index is 0.220. The molecule has 0 aliphatic carbocycles. The molecule has 0 aliphatic rings. The number of aromatic carboxylic acids is 1. The second-order valence-corrected chi connectivity index (χ2v) is 4.56. The van der Waals surface area contributed by atoms with Crippen LogP contribution in [0.25, 0.3) is 6.08 Å². The summed E-state index contributed by atoms with van der Waals surface area (Å²) in [6.07, 6.45) is 3.58. The SMILES string of the molecule is CCO/C=C/c1nn(C)c(Cc2ccccc2)c1C(=O)O. The predicted octanol–water partition coefficient (Wildman–Crippen LogP) is 2.72. The molecular formula is C16H18N2O3. The Bertz CT molecular complexity index is 645. The van der Waals surface area contributed by atoms with Gasteiger partial charge in [0, 0.05) is 19.5 Å². The maximum Gasteiger partial charge on any atom is 0.339 e. The van der Waals surface area contributed by atoms with Crippen molar-refractivity contribution >= 4 is 12.0 Å². The molecule has 0 spiro atoms. The van der Waals surface area contributed by atoms with E-state index in [2.05, 4.69) is 5.10 Å². The Balaban J connectivity index is 2.38. The van der Waals surface area contributed by atoms with Crippen molar-refractivity contribution in [1.82, 2.24) is 9.78 Å². The van der Waals surface area contributed by atoms with Crippen LogP contribution in [0.3, 0.4) is 0 Å². The molecule has 110 valence electrons. The molecule has 5 heteroatoms. The highest BCUT2D eigenvalue weighted by Crippen LogP contribution is 2.19. The number of benzene rings is 1. The van der Waals surface area contributed by atoms with Gasteiger partial charge in [-0.3, -0.25) is 4.68 Å². The van der Waals surface area contributed by atoms with Crippen LogP contribution in [0.5, 0.6) is 0 Å². The first-order chi connectivity index (χ1) is 10.1. The number of rotatable bonds is 6. The van der Waals surface area contributed by atoms with E-state index < -0.39 is 5.97 Å². The van der Waals surface area contributed by atoms with Gasteiger partial charge in [0.25, 0.3) is 0 Å². The minimum Gasteiger partial charge on any atom is -0.501 e. The molecule has 1 aromatic heterocycles. The Hall–Kier alpha value is -2.56. The number of nitrogens with zero attached hydrogens (tertiary/aromatic N) is 2. The van der Waals surface area contributed by atoms with Gasteiger partial charge >= 0.3 is 5.97 Å². The molecule has 5 nitrogen and oxygen atoms in total. The van der Waals surface area contributed by atoms with Gasteiger partial charge in [-0.1, -0.05) is 30.3 Å². The Morgan fingerprint density at radius 1 is 1.38 bits per heavy atom. The quantitative estimate of drug-likeness (QED) is 0.829. The summed E-state index contributed by atoms with van der Waals surface area (Å²) in [5, 5.41) is 13.7. The fourth-order valence-electron chi connectivity index (χ4n) is 2.13. The highest BCUT2D eigenvalue weighted by molar-refractivity contribution is 5.92.